The zero-order valence-electron chi connectivity index (χ0n) is 13.0. The third-order valence-electron chi connectivity index (χ3n) is 4.41. The van der Waals surface area contributed by atoms with E-state index in [4.69, 9.17) is 9.47 Å². The highest BCUT2D eigenvalue weighted by Crippen LogP contribution is 2.42. The van der Waals surface area contributed by atoms with E-state index in [9.17, 15) is 9.90 Å². The molecule has 4 nitrogen and oxygen atoms in total. The molecule has 116 valence electrons. The number of benzene rings is 1. The Bertz CT molecular complexity index is 512. The first-order chi connectivity index (χ1) is 10.1. The number of hydrogen-bond donors (Lipinski definition) is 1. The molecule has 0 amide bonds. The molecule has 1 aliphatic rings. The third-order valence-corrected chi connectivity index (χ3v) is 4.41. The van der Waals surface area contributed by atoms with Gasteiger partial charge in [0.05, 0.1) is 13.7 Å². The summed E-state index contributed by atoms with van der Waals surface area (Å²) in [6.45, 7) is 3.87. The monoisotopic (exact) mass is 292 g/mol. The Morgan fingerprint density at radius 3 is 2.81 bits per heavy atom. The van der Waals surface area contributed by atoms with Crippen molar-refractivity contribution < 1.29 is 19.4 Å². The predicted molar refractivity (Wildman–Crippen MR) is 80.5 cm³/mol. The number of fused-ring (bicyclic) bond motifs is 1. The molecule has 0 radical (unpaired) electrons. The molecule has 4 heteroatoms. The van der Waals surface area contributed by atoms with Gasteiger partial charge < -0.3 is 14.6 Å². The quantitative estimate of drug-likeness (QED) is 0.848. The molecule has 0 fully saturated rings. The molecular formula is C17H24O4. The van der Waals surface area contributed by atoms with Gasteiger partial charge in [0.15, 0.2) is 5.60 Å². The van der Waals surface area contributed by atoms with Crippen molar-refractivity contribution in [2.24, 2.45) is 0 Å². The number of esters is 1. The van der Waals surface area contributed by atoms with Gasteiger partial charge in [-0.3, -0.25) is 0 Å². The maximum absolute atomic E-state index is 12.2. The van der Waals surface area contributed by atoms with E-state index in [1.165, 1.54) is 0 Å². The van der Waals surface area contributed by atoms with Crippen molar-refractivity contribution in [3.63, 3.8) is 0 Å². The van der Waals surface area contributed by atoms with Crippen molar-refractivity contribution in [1.29, 1.82) is 0 Å². The average molecular weight is 292 g/mol. The molecule has 0 saturated heterocycles. The van der Waals surface area contributed by atoms with E-state index < -0.39 is 11.6 Å². The molecule has 1 aromatic rings. The molecule has 1 aliphatic carbocycles. The van der Waals surface area contributed by atoms with E-state index in [1.54, 1.807) is 14.0 Å². The maximum Gasteiger partial charge on any atom is 0.338 e. The number of carbonyl (C=O) groups excluding carboxylic acids is 1. The van der Waals surface area contributed by atoms with Crippen molar-refractivity contribution in [2.75, 3.05) is 13.7 Å². The van der Waals surface area contributed by atoms with Gasteiger partial charge in [-0.05, 0) is 55.9 Å². The second-order valence-electron chi connectivity index (χ2n) is 5.51. The van der Waals surface area contributed by atoms with Crippen LogP contribution < -0.4 is 4.74 Å². The van der Waals surface area contributed by atoms with Crippen LogP contribution in [-0.2, 0) is 16.0 Å². The zero-order chi connectivity index (χ0) is 15.5. The van der Waals surface area contributed by atoms with Crippen LogP contribution in [0.15, 0.2) is 18.2 Å². The van der Waals surface area contributed by atoms with Crippen LogP contribution in [0.2, 0.25) is 0 Å². The summed E-state index contributed by atoms with van der Waals surface area (Å²) in [6, 6.07) is 5.86. The van der Waals surface area contributed by atoms with E-state index in [0.717, 1.165) is 36.1 Å². The highest BCUT2D eigenvalue weighted by molar-refractivity contribution is 5.81. The van der Waals surface area contributed by atoms with Gasteiger partial charge in [0.25, 0.3) is 0 Å². The van der Waals surface area contributed by atoms with Crippen LogP contribution in [0.5, 0.6) is 5.75 Å². The van der Waals surface area contributed by atoms with Crippen LogP contribution in [0, 0.1) is 0 Å². The summed E-state index contributed by atoms with van der Waals surface area (Å²) >= 11 is 0. The molecule has 0 spiro atoms. The van der Waals surface area contributed by atoms with Crippen LogP contribution in [0.1, 0.15) is 50.2 Å². The van der Waals surface area contributed by atoms with E-state index >= 15 is 0 Å². The molecule has 0 bridgehead atoms. The summed E-state index contributed by atoms with van der Waals surface area (Å²) in [6.07, 6.45) is 3.04. The Morgan fingerprint density at radius 2 is 2.19 bits per heavy atom. The molecule has 0 saturated carbocycles. The minimum Gasteiger partial charge on any atom is -0.497 e. The van der Waals surface area contributed by atoms with Gasteiger partial charge in [0.1, 0.15) is 5.75 Å². The zero-order valence-corrected chi connectivity index (χ0v) is 13.0. The Labute approximate surface area is 126 Å². The third kappa shape index (κ3) is 2.91. The second kappa shape index (κ2) is 6.48. The van der Waals surface area contributed by atoms with Gasteiger partial charge in [0, 0.05) is 5.92 Å². The highest BCUT2D eigenvalue weighted by Gasteiger charge is 2.45. The molecule has 21 heavy (non-hydrogen) atoms. The van der Waals surface area contributed by atoms with E-state index in [0.29, 0.717) is 6.42 Å². The molecule has 0 aliphatic heterocycles. The lowest BCUT2D eigenvalue weighted by molar-refractivity contribution is -0.168. The first-order valence-corrected chi connectivity index (χ1v) is 7.63. The highest BCUT2D eigenvalue weighted by atomic mass is 16.5. The van der Waals surface area contributed by atoms with E-state index in [2.05, 4.69) is 0 Å². The van der Waals surface area contributed by atoms with Crippen LogP contribution in [0.3, 0.4) is 0 Å². The number of aryl methyl sites for hydroxylation is 1. The Kier molecular flexibility index (Phi) is 4.88. The second-order valence-corrected chi connectivity index (χ2v) is 5.51. The molecule has 1 aromatic carbocycles. The molecule has 0 aromatic heterocycles. The SMILES string of the molecule is CCOC(=O)C(O)(CC)C1CCCc2cc(OC)ccc21. The summed E-state index contributed by atoms with van der Waals surface area (Å²) < 4.78 is 10.4. The van der Waals surface area contributed by atoms with E-state index in [1.807, 2.05) is 25.1 Å². The van der Waals surface area contributed by atoms with Gasteiger partial charge >= 0.3 is 5.97 Å². The maximum atomic E-state index is 12.2. The summed E-state index contributed by atoms with van der Waals surface area (Å²) in [5.41, 5.74) is 0.751. The fourth-order valence-corrected chi connectivity index (χ4v) is 3.20. The Morgan fingerprint density at radius 1 is 1.43 bits per heavy atom. The standard InChI is InChI=1S/C17H24O4/c1-4-17(19,16(18)21-5-2)15-8-6-7-12-11-13(20-3)9-10-14(12)15/h9-11,15,19H,4-8H2,1-3H3. The topological polar surface area (TPSA) is 55.8 Å². The lowest BCUT2D eigenvalue weighted by Gasteiger charge is -2.37. The summed E-state index contributed by atoms with van der Waals surface area (Å²) in [5, 5.41) is 10.9. The van der Waals surface area contributed by atoms with Crippen molar-refractivity contribution in [2.45, 2.75) is 51.0 Å². The van der Waals surface area contributed by atoms with Crippen LogP contribution >= 0.6 is 0 Å². The number of rotatable bonds is 5. The normalized spacial score (nSPS) is 20.3. The average Bonchev–Trinajstić information content (AvgIpc) is 2.53. The van der Waals surface area contributed by atoms with Gasteiger partial charge in [-0.1, -0.05) is 13.0 Å². The van der Waals surface area contributed by atoms with Gasteiger partial charge in [-0.15, -0.1) is 0 Å². The molecule has 2 atom stereocenters. The number of aliphatic hydroxyl groups is 1. The van der Waals surface area contributed by atoms with Gasteiger partial charge in [0.2, 0.25) is 0 Å². The minimum absolute atomic E-state index is 0.212. The fraction of sp³-hybridized carbons (Fsp3) is 0.588. The van der Waals surface area contributed by atoms with Gasteiger partial charge in [-0.25, -0.2) is 4.79 Å². The fourth-order valence-electron chi connectivity index (χ4n) is 3.20. The lowest BCUT2D eigenvalue weighted by atomic mass is 9.72. The van der Waals surface area contributed by atoms with Crippen molar-refractivity contribution in [1.82, 2.24) is 0 Å². The lowest BCUT2D eigenvalue weighted by Crippen LogP contribution is -2.46. The van der Waals surface area contributed by atoms with Crippen molar-refractivity contribution >= 4 is 5.97 Å². The van der Waals surface area contributed by atoms with Crippen LogP contribution in [0.4, 0.5) is 0 Å². The summed E-state index contributed by atoms with van der Waals surface area (Å²) in [5.74, 6) is 0.0861. The molecule has 2 rings (SSSR count). The number of carbonyl (C=O) groups is 1. The first kappa shape index (κ1) is 15.8. The Balaban J connectivity index is 2.39. The van der Waals surface area contributed by atoms with Crippen LogP contribution in [-0.4, -0.2) is 30.4 Å². The van der Waals surface area contributed by atoms with Crippen LogP contribution in [0.25, 0.3) is 0 Å². The number of methoxy groups -OCH3 is 1. The van der Waals surface area contributed by atoms with Gasteiger partial charge in [-0.2, -0.15) is 0 Å². The molecule has 2 unspecified atom stereocenters. The smallest absolute Gasteiger partial charge is 0.338 e. The van der Waals surface area contributed by atoms with E-state index in [-0.39, 0.29) is 12.5 Å². The number of hydrogen-bond acceptors (Lipinski definition) is 4. The summed E-state index contributed by atoms with van der Waals surface area (Å²) in [7, 11) is 1.64. The predicted octanol–water partition coefficient (Wildman–Crippen LogP) is 2.82. The molecule has 0 heterocycles. The van der Waals surface area contributed by atoms with Crippen molar-refractivity contribution in [3.05, 3.63) is 29.3 Å². The molecule has 1 N–H and O–H groups in total. The first-order valence-electron chi connectivity index (χ1n) is 7.63. The Hall–Kier alpha value is -1.55. The summed E-state index contributed by atoms with van der Waals surface area (Å²) in [4.78, 5) is 12.2. The molecular weight excluding hydrogens is 268 g/mol. The largest absolute Gasteiger partial charge is 0.497 e. The minimum atomic E-state index is -1.44. The number of ether oxygens (including phenoxy) is 2. The van der Waals surface area contributed by atoms with Crippen molar-refractivity contribution in [3.8, 4) is 5.75 Å².